The lowest BCUT2D eigenvalue weighted by atomic mass is 9.80. The van der Waals surface area contributed by atoms with Crippen molar-refractivity contribution in [2.24, 2.45) is 5.92 Å². The van der Waals surface area contributed by atoms with E-state index in [2.05, 4.69) is 10.3 Å². The van der Waals surface area contributed by atoms with Crippen molar-refractivity contribution >= 4 is 28.2 Å². The number of carbonyl (C=O) groups is 2. The van der Waals surface area contributed by atoms with E-state index in [1.165, 1.54) is 24.4 Å². The highest BCUT2D eigenvalue weighted by atomic mass is 16.7. The first kappa shape index (κ1) is 30.4. The summed E-state index contributed by atoms with van der Waals surface area (Å²) in [6.07, 6.45) is -2.10. The number of ether oxygens (including phenoxy) is 2. The van der Waals surface area contributed by atoms with Gasteiger partial charge in [-0.3, -0.25) is 9.59 Å². The van der Waals surface area contributed by atoms with Crippen LogP contribution in [0.25, 0.3) is 10.8 Å². The molecular formula is C32H36N2O10. The van der Waals surface area contributed by atoms with Gasteiger partial charge < -0.3 is 45.4 Å². The number of benzene rings is 2. The molecule has 3 aliphatic rings. The maximum atomic E-state index is 14.1. The minimum absolute atomic E-state index is 0.0112. The lowest BCUT2D eigenvalue weighted by Crippen LogP contribution is -2.60. The third-order valence-corrected chi connectivity index (χ3v) is 8.98. The number of phenols is 1. The number of pyridine rings is 1. The van der Waals surface area contributed by atoms with Crippen molar-refractivity contribution in [3.05, 3.63) is 58.3 Å². The van der Waals surface area contributed by atoms with Crippen molar-refractivity contribution in [1.29, 1.82) is 0 Å². The third kappa shape index (κ3) is 5.21. The van der Waals surface area contributed by atoms with Crippen molar-refractivity contribution < 1.29 is 49.7 Å². The van der Waals surface area contributed by atoms with Gasteiger partial charge in [-0.2, -0.15) is 0 Å². The molecule has 2 heterocycles. The number of anilines is 1. The number of aliphatic hydroxyl groups excluding tert-OH is 5. The number of ketones is 2. The minimum Gasteiger partial charge on any atom is -0.507 e. The van der Waals surface area contributed by atoms with Crippen LogP contribution in [-0.2, 0) is 4.74 Å². The molecule has 0 spiro atoms. The van der Waals surface area contributed by atoms with Gasteiger partial charge in [0.15, 0.2) is 5.78 Å². The fourth-order valence-electron chi connectivity index (χ4n) is 6.61. The Bertz CT molecular complexity index is 1600. The Morgan fingerprint density at radius 2 is 1.73 bits per heavy atom. The number of aliphatic hydroxyl groups is 5. The largest absolute Gasteiger partial charge is 0.507 e. The maximum Gasteiger partial charge on any atom is 0.229 e. The number of hydrogen-bond donors (Lipinski definition) is 7. The molecule has 234 valence electrons. The van der Waals surface area contributed by atoms with Crippen molar-refractivity contribution in [1.82, 2.24) is 4.98 Å². The second-order valence-corrected chi connectivity index (χ2v) is 11.9. The first-order valence-corrected chi connectivity index (χ1v) is 14.9. The Morgan fingerprint density at radius 3 is 2.45 bits per heavy atom. The fourth-order valence-corrected chi connectivity index (χ4v) is 6.61. The normalized spacial score (nSPS) is 26.3. The van der Waals surface area contributed by atoms with Crippen molar-refractivity contribution in [3.63, 3.8) is 0 Å². The number of nitrogens with one attached hydrogen (secondary N) is 1. The number of aromatic hydroxyl groups is 1. The van der Waals surface area contributed by atoms with E-state index >= 15 is 0 Å². The predicted octanol–water partition coefficient (Wildman–Crippen LogP) is 1.56. The molecule has 44 heavy (non-hydrogen) atoms. The first-order valence-electron chi connectivity index (χ1n) is 14.9. The van der Waals surface area contributed by atoms with Crippen molar-refractivity contribution in [3.8, 4) is 11.5 Å². The van der Waals surface area contributed by atoms with Gasteiger partial charge in [0.1, 0.15) is 41.7 Å². The van der Waals surface area contributed by atoms with Gasteiger partial charge in [-0.05, 0) is 60.9 Å². The Balaban J connectivity index is 1.47. The molecule has 1 aliphatic heterocycles. The summed E-state index contributed by atoms with van der Waals surface area (Å²) in [5, 5.41) is 66.5. The minimum atomic E-state index is -1.78. The number of nitrogens with zero attached hydrogens (tertiary/aromatic N) is 1. The molecule has 1 aromatic heterocycles. The topological polar surface area (TPSA) is 199 Å². The van der Waals surface area contributed by atoms with Gasteiger partial charge in [0.05, 0.1) is 23.8 Å². The van der Waals surface area contributed by atoms with E-state index in [1.807, 2.05) is 0 Å². The molecule has 12 nitrogen and oxygen atoms in total. The Morgan fingerprint density at radius 1 is 0.977 bits per heavy atom. The van der Waals surface area contributed by atoms with E-state index in [-0.39, 0.29) is 46.2 Å². The Labute approximate surface area is 252 Å². The lowest BCUT2D eigenvalue weighted by Gasteiger charge is -2.40. The SMILES string of the molecule is Cc1cc(O)c2c(c1)C(=O)c1c(c(O[C@H]3O[C@H](CO)[C@@H](O)[C@H](O)[C@H]3O)cc3c(NC[C@H](O)C4CCCCC4)nccc13)C2=O. The van der Waals surface area contributed by atoms with Crippen LogP contribution in [-0.4, -0.2) is 97.2 Å². The maximum absolute atomic E-state index is 14.1. The van der Waals surface area contributed by atoms with Gasteiger partial charge in [-0.1, -0.05) is 19.3 Å². The van der Waals surface area contributed by atoms with E-state index in [1.54, 1.807) is 13.0 Å². The van der Waals surface area contributed by atoms with E-state index in [9.17, 15) is 40.2 Å². The number of aryl methyl sites for hydroxylation is 1. The van der Waals surface area contributed by atoms with Crippen LogP contribution < -0.4 is 10.1 Å². The van der Waals surface area contributed by atoms with Crippen molar-refractivity contribution in [2.75, 3.05) is 18.5 Å². The molecule has 2 aliphatic carbocycles. The average molecular weight is 609 g/mol. The summed E-state index contributed by atoms with van der Waals surface area (Å²) in [6.45, 7) is 1.19. The van der Waals surface area contributed by atoms with Crippen LogP contribution in [0.15, 0.2) is 30.5 Å². The zero-order valence-corrected chi connectivity index (χ0v) is 24.1. The summed E-state index contributed by atoms with van der Waals surface area (Å²) < 4.78 is 11.5. The summed E-state index contributed by atoms with van der Waals surface area (Å²) in [4.78, 5) is 32.5. The Hall–Kier alpha value is -3.65. The van der Waals surface area contributed by atoms with Crippen LogP contribution >= 0.6 is 0 Å². The zero-order chi connectivity index (χ0) is 31.3. The van der Waals surface area contributed by atoms with Crippen LogP contribution in [0.4, 0.5) is 5.82 Å². The van der Waals surface area contributed by atoms with Gasteiger partial charge in [0, 0.05) is 29.3 Å². The molecule has 1 saturated heterocycles. The van der Waals surface area contributed by atoms with Gasteiger partial charge in [-0.25, -0.2) is 4.98 Å². The van der Waals surface area contributed by atoms with Crippen molar-refractivity contribution in [2.45, 2.75) is 75.8 Å². The number of rotatable bonds is 7. The molecule has 0 bridgehead atoms. The molecule has 2 fully saturated rings. The third-order valence-electron chi connectivity index (χ3n) is 8.98. The van der Waals surface area contributed by atoms with Gasteiger partial charge in [0.2, 0.25) is 12.1 Å². The molecule has 7 N–H and O–H groups in total. The number of aromatic nitrogens is 1. The molecule has 0 radical (unpaired) electrons. The predicted molar refractivity (Wildman–Crippen MR) is 157 cm³/mol. The van der Waals surface area contributed by atoms with Crippen LogP contribution in [0.5, 0.6) is 11.5 Å². The van der Waals surface area contributed by atoms with E-state index in [4.69, 9.17) is 9.47 Å². The monoisotopic (exact) mass is 608 g/mol. The molecule has 1 saturated carbocycles. The number of hydrogen-bond acceptors (Lipinski definition) is 12. The summed E-state index contributed by atoms with van der Waals surface area (Å²) in [5.74, 6) is -1.36. The molecule has 2 aromatic carbocycles. The second kappa shape index (κ2) is 12.0. The number of phenolic OH excluding ortho intramolecular Hbond substituents is 1. The first-order chi connectivity index (χ1) is 21.1. The van der Waals surface area contributed by atoms with Gasteiger partial charge in [0.25, 0.3) is 0 Å². The smallest absolute Gasteiger partial charge is 0.229 e. The van der Waals surface area contributed by atoms with E-state index in [0.29, 0.717) is 22.2 Å². The second-order valence-electron chi connectivity index (χ2n) is 11.9. The van der Waals surface area contributed by atoms with Crippen LogP contribution in [0.1, 0.15) is 69.5 Å². The summed E-state index contributed by atoms with van der Waals surface area (Å²) in [7, 11) is 0. The molecular weight excluding hydrogens is 572 g/mol. The van der Waals surface area contributed by atoms with Crippen LogP contribution in [0.2, 0.25) is 0 Å². The summed E-state index contributed by atoms with van der Waals surface area (Å²) in [6, 6.07) is 5.92. The molecule has 3 aromatic rings. The summed E-state index contributed by atoms with van der Waals surface area (Å²) >= 11 is 0. The highest BCUT2D eigenvalue weighted by molar-refractivity contribution is 6.34. The highest BCUT2D eigenvalue weighted by Gasteiger charge is 2.46. The zero-order valence-electron chi connectivity index (χ0n) is 24.1. The lowest BCUT2D eigenvalue weighted by molar-refractivity contribution is -0.277. The highest BCUT2D eigenvalue weighted by Crippen LogP contribution is 2.43. The Kier molecular flexibility index (Phi) is 8.31. The van der Waals surface area contributed by atoms with Crippen LogP contribution in [0.3, 0.4) is 0 Å². The number of fused-ring (bicyclic) bond motifs is 4. The van der Waals surface area contributed by atoms with Gasteiger partial charge in [-0.15, -0.1) is 0 Å². The molecule has 12 heteroatoms. The van der Waals surface area contributed by atoms with Gasteiger partial charge >= 0.3 is 0 Å². The average Bonchev–Trinajstić information content (AvgIpc) is 3.02. The molecule has 6 rings (SSSR count). The summed E-state index contributed by atoms with van der Waals surface area (Å²) in [5.41, 5.74) is 0.192. The molecule has 6 atom stereocenters. The standard InChI is InChI=1S/C32H36N2O10/c1-14-9-18-23(19(36)10-14)28(40)25-21(43-32-30(42)29(41)27(39)22(13-35)44-32)11-17-16(24(25)26(18)38)7-8-33-31(17)34-12-20(37)15-5-3-2-4-6-15/h7-11,15,20,22,27,29-30,32,35-37,39,41-42H,2-6,12-13H2,1H3,(H,33,34)/t20-,22+,27+,29-,30+,32-/m0/s1. The quantitative estimate of drug-likeness (QED) is 0.160. The number of carbonyl (C=O) groups excluding carboxylic acids is 2. The van der Waals surface area contributed by atoms with E-state index in [0.717, 1.165) is 32.1 Å². The molecule has 0 amide bonds. The fraction of sp³-hybridized carbons (Fsp3) is 0.469. The molecule has 0 unspecified atom stereocenters. The van der Waals surface area contributed by atoms with Crippen LogP contribution in [0, 0.1) is 12.8 Å². The van der Waals surface area contributed by atoms with E-state index < -0.39 is 55.0 Å².